The van der Waals surface area contributed by atoms with Gasteiger partial charge in [-0.25, -0.2) is 0 Å². The number of nitrogens with two attached hydrogens (primary N) is 1. The van der Waals surface area contributed by atoms with Crippen LogP contribution in [0.1, 0.15) is 12.8 Å². The van der Waals surface area contributed by atoms with E-state index in [1.807, 2.05) is 25.1 Å². The predicted octanol–water partition coefficient (Wildman–Crippen LogP) is 0.840. The quantitative estimate of drug-likeness (QED) is 0.715. The molecule has 0 aliphatic heterocycles. The Morgan fingerprint density at radius 1 is 1.58 bits per heavy atom. The molecule has 106 valence electrons. The van der Waals surface area contributed by atoms with Crippen molar-refractivity contribution in [3.8, 4) is 0 Å². The van der Waals surface area contributed by atoms with Gasteiger partial charge in [-0.3, -0.25) is 9.78 Å². The van der Waals surface area contributed by atoms with Crippen LogP contribution in [0.4, 0.5) is 11.4 Å². The fourth-order valence-corrected chi connectivity index (χ4v) is 1.68. The fraction of sp³-hybridized carbons (Fsp3) is 0.538. The first kappa shape index (κ1) is 15.4. The van der Waals surface area contributed by atoms with E-state index in [4.69, 9.17) is 10.5 Å². The highest BCUT2D eigenvalue weighted by Gasteiger charge is 2.15. The third-order valence-corrected chi connectivity index (χ3v) is 2.74. The molecule has 0 bridgehead atoms. The Morgan fingerprint density at radius 3 is 2.95 bits per heavy atom. The Hall–Kier alpha value is -1.66. The second kappa shape index (κ2) is 7.70. The Bertz CT molecular complexity index is 409. The number of carbonyl (C=O) groups excluding carboxylic acids is 1. The first-order chi connectivity index (χ1) is 9.06. The summed E-state index contributed by atoms with van der Waals surface area (Å²) in [5.74, 6) is -0.202. The molecular weight excluding hydrogens is 244 g/mol. The monoisotopic (exact) mass is 266 g/mol. The summed E-state index contributed by atoms with van der Waals surface area (Å²) in [5, 5.41) is 2.81. The van der Waals surface area contributed by atoms with E-state index in [-0.39, 0.29) is 5.91 Å². The number of nitrogens with zero attached hydrogens (tertiary/aromatic N) is 2. The van der Waals surface area contributed by atoms with E-state index < -0.39 is 6.04 Å². The van der Waals surface area contributed by atoms with Crippen LogP contribution in [0.15, 0.2) is 18.5 Å². The molecule has 0 saturated carbocycles. The third-order valence-electron chi connectivity index (χ3n) is 2.74. The minimum atomic E-state index is -0.537. The molecule has 0 aromatic carbocycles. The SMILES string of the molecule is COCCCC(N)C(=O)Nc1cnccc1N(C)C. The zero-order chi connectivity index (χ0) is 14.3. The van der Waals surface area contributed by atoms with Gasteiger partial charge in [0, 0.05) is 34.0 Å². The average Bonchev–Trinajstić information content (AvgIpc) is 2.39. The first-order valence-corrected chi connectivity index (χ1v) is 6.23. The molecule has 6 nitrogen and oxygen atoms in total. The van der Waals surface area contributed by atoms with Gasteiger partial charge in [-0.1, -0.05) is 0 Å². The van der Waals surface area contributed by atoms with E-state index in [0.29, 0.717) is 18.7 Å². The van der Waals surface area contributed by atoms with Crippen molar-refractivity contribution in [2.75, 3.05) is 38.0 Å². The van der Waals surface area contributed by atoms with Gasteiger partial charge in [-0.15, -0.1) is 0 Å². The molecule has 0 spiro atoms. The maximum absolute atomic E-state index is 12.0. The summed E-state index contributed by atoms with van der Waals surface area (Å²) in [7, 11) is 5.44. The first-order valence-electron chi connectivity index (χ1n) is 6.23. The predicted molar refractivity (Wildman–Crippen MR) is 76.3 cm³/mol. The number of hydrogen-bond donors (Lipinski definition) is 2. The molecule has 1 aromatic heterocycles. The molecule has 0 fully saturated rings. The molecule has 1 atom stereocenters. The maximum atomic E-state index is 12.0. The van der Waals surface area contributed by atoms with Crippen molar-refractivity contribution < 1.29 is 9.53 Å². The molecule has 3 N–H and O–H groups in total. The van der Waals surface area contributed by atoms with Gasteiger partial charge < -0.3 is 20.7 Å². The second-order valence-electron chi connectivity index (χ2n) is 4.52. The third kappa shape index (κ3) is 4.84. The molecule has 0 radical (unpaired) electrons. The Labute approximate surface area is 113 Å². The van der Waals surface area contributed by atoms with Crippen LogP contribution in [-0.4, -0.2) is 44.7 Å². The maximum Gasteiger partial charge on any atom is 0.241 e. The summed E-state index contributed by atoms with van der Waals surface area (Å²) < 4.78 is 4.94. The van der Waals surface area contributed by atoms with Crippen molar-refractivity contribution in [1.82, 2.24) is 4.98 Å². The molecule has 0 saturated heterocycles. The highest BCUT2D eigenvalue weighted by atomic mass is 16.5. The van der Waals surface area contributed by atoms with Gasteiger partial charge in [0.1, 0.15) is 0 Å². The van der Waals surface area contributed by atoms with Crippen LogP contribution >= 0.6 is 0 Å². The number of aromatic nitrogens is 1. The number of hydrogen-bond acceptors (Lipinski definition) is 5. The van der Waals surface area contributed by atoms with Gasteiger partial charge in [0.15, 0.2) is 0 Å². The molecule has 1 heterocycles. The Morgan fingerprint density at radius 2 is 2.32 bits per heavy atom. The average molecular weight is 266 g/mol. The topological polar surface area (TPSA) is 80.5 Å². The van der Waals surface area contributed by atoms with Crippen molar-refractivity contribution in [2.45, 2.75) is 18.9 Å². The van der Waals surface area contributed by atoms with Gasteiger partial charge in [0.2, 0.25) is 5.91 Å². The molecule has 0 aliphatic carbocycles. The van der Waals surface area contributed by atoms with E-state index in [1.165, 1.54) is 0 Å². The molecule has 1 rings (SSSR count). The van der Waals surface area contributed by atoms with E-state index in [9.17, 15) is 4.79 Å². The largest absolute Gasteiger partial charge is 0.385 e. The zero-order valence-corrected chi connectivity index (χ0v) is 11.7. The molecule has 19 heavy (non-hydrogen) atoms. The summed E-state index contributed by atoms with van der Waals surface area (Å²) in [6, 6.07) is 1.30. The Kier molecular flexibility index (Phi) is 6.24. The van der Waals surface area contributed by atoms with Crippen molar-refractivity contribution in [3.05, 3.63) is 18.5 Å². The molecule has 0 aliphatic rings. The van der Waals surface area contributed by atoms with Crippen LogP contribution in [0.5, 0.6) is 0 Å². The lowest BCUT2D eigenvalue weighted by Crippen LogP contribution is -2.36. The number of nitrogens with one attached hydrogen (secondary N) is 1. The van der Waals surface area contributed by atoms with Gasteiger partial charge >= 0.3 is 0 Å². The zero-order valence-electron chi connectivity index (χ0n) is 11.7. The summed E-state index contributed by atoms with van der Waals surface area (Å²) in [6.07, 6.45) is 4.66. The normalized spacial score (nSPS) is 12.0. The van der Waals surface area contributed by atoms with Gasteiger partial charge in [-0.2, -0.15) is 0 Å². The standard InChI is InChI=1S/C13H22N4O2/c1-17(2)12-6-7-15-9-11(12)16-13(18)10(14)5-4-8-19-3/h6-7,9-10H,4-5,8,14H2,1-3H3,(H,16,18). The fourth-order valence-electron chi connectivity index (χ4n) is 1.68. The summed E-state index contributed by atoms with van der Waals surface area (Å²) in [5.41, 5.74) is 7.39. The van der Waals surface area contributed by atoms with E-state index in [0.717, 1.165) is 12.1 Å². The second-order valence-corrected chi connectivity index (χ2v) is 4.52. The minimum absolute atomic E-state index is 0.202. The molecule has 1 amide bonds. The van der Waals surface area contributed by atoms with Crippen molar-refractivity contribution in [2.24, 2.45) is 5.73 Å². The smallest absolute Gasteiger partial charge is 0.241 e. The molecule has 6 heteroatoms. The lowest BCUT2D eigenvalue weighted by atomic mass is 10.1. The van der Waals surface area contributed by atoms with E-state index in [2.05, 4.69) is 10.3 Å². The lowest BCUT2D eigenvalue weighted by molar-refractivity contribution is -0.117. The summed E-state index contributed by atoms with van der Waals surface area (Å²) in [6.45, 7) is 0.608. The van der Waals surface area contributed by atoms with Crippen LogP contribution < -0.4 is 16.0 Å². The highest BCUT2D eigenvalue weighted by molar-refractivity contribution is 5.97. The summed E-state index contributed by atoms with van der Waals surface area (Å²) in [4.78, 5) is 17.9. The molecule has 1 unspecified atom stereocenters. The minimum Gasteiger partial charge on any atom is -0.385 e. The number of rotatable bonds is 7. The van der Waals surface area contributed by atoms with Gasteiger partial charge in [0.25, 0.3) is 0 Å². The number of carbonyl (C=O) groups is 1. The number of amides is 1. The number of anilines is 2. The van der Waals surface area contributed by atoms with Crippen LogP contribution in [0.2, 0.25) is 0 Å². The Balaban J connectivity index is 2.61. The van der Waals surface area contributed by atoms with Crippen molar-refractivity contribution in [1.29, 1.82) is 0 Å². The number of pyridine rings is 1. The van der Waals surface area contributed by atoms with Gasteiger partial charge in [-0.05, 0) is 18.9 Å². The summed E-state index contributed by atoms with van der Waals surface area (Å²) >= 11 is 0. The van der Waals surface area contributed by atoms with E-state index in [1.54, 1.807) is 19.5 Å². The number of ether oxygens (including phenoxy) is 1. The van der Waals surface area contributed by atoms with Crippen LogP contribution in [0.25, 0.3) is 0 Å². The number of methoxy groups -OCH3 is 1. The van der Waals surface area contributed by atoms with Crippen LogP contribution in [-0.2, 0) is 9.53 Å². The van der Waals surface area contributed by atoms with Crippen molar-refractivity contribution in [3.63, 3.8) is 0 Å². The van der Waals surface area contributed by atoms with Gasteiger partial charge in [0.05, 0.1) is 23.6 Å². The van der Waals surface area contributed by atoms with E-state index >= 15 is 0 Å². The molecular formula is C13H22N4O2. The van der Waals surface area contributed by atoms with Crippen LogP contribution in [0.3, 0.4) is 0 Å². The highest BCUT2D eigenvalue weighted by Crippen LogP contribution is 2.22. The van der Waals surface area contributed by atoms with Crippen molar-refractivity contribution >= 4 is 17.3 Å². The molecule has 1 aromatic rings. The van der Waals surface area contributed by atoms with Crippen LogP contribution in [0, 0.1) is 0 Å². The lowest BCUT2D eigenvalue weighted by Gasteiger charge is -2.18.